The first-order chi connectivity index (χ1) is 9.15. The van der Waals surface area contributed by atoms with Crippen LogP contribution in [0, 0.1) is 6.92 Å². The molecule has 5 nitrogen and oxygen atoms in total. The van der Waals surface area contributed by atoms with E-state index < -0.39 is 0 Å². The predicted octanol–water partition coefficient (Wildman–Crippen LogP) is 1.82. The molecule has 0 spiro atoms. The molecule has 0 fully saturated rings. The van der Waals surface area contributed by atoms with Gasteiger partial charge < -0.3 is 10.6 Å². The minimum atomic E-state index is -0.270. The molecule has 0 saturated carbocycles. The van der Waals surface area contributed by atoms with Crippen LogP contribution in [-0.4, -0.2) is 22.7 Å². The van der Waals surface area contributed by atoms with E-state index in [1.807, 2.05) is 13.0 Å². The Bertz CT molecular complexity index is 581. The number of nitrogens with zero attached hydrogens (tertiary/aromatic N) is 1. The van der Waals surface area contributed by atoms with Crippen molar-refractivity contribution in [2.45, 2.75) is 6.92 Å². The van der Waals surface area contributed by atoms with Crippen LogP contribution in [0.25, 0.3) is 0 Å². The fourth-order valence-electron chi connectivity index (χ4n) is 1.46. The molecule has 0 aliphatic rings. The van der Waals surface area contributed by atoms with Crippen molar-refractivity contribution in [2.24, 2.45) is 0 Å². The third kappa shape index (κ3) is 3.89. The largest absolute Gasteiger partial charge is 0.343 e. The lowest BCUT2D eigenvalue weighted by Gasteiger charge is -2.05. The zero-order valence-electron chi connectivity index (χ0n) is 10.3. The molecule has 0 saturated heterocycles. The van der Waals surface area contributed by atoms with Gasteiger partial charge in [0.2, 0.25) is 5.91 Å². The van der Waals surface area contributed by atoms with E-state index in [1.165, 1.54) is 11.5 Å². The number of aromatic nitrogens is 1. The van der Waals surface area contributed by atoms with Gasteiger partial charge in [0.1, 0.15) is 5.00 Å². The van der Waals surface area contributed by atoms with E-state index in [1.54, 1.807) is 30.3 Å². The Kier molecular flexibility index (Phi) is 4.25. The van der Waals surface area contributed by atoms with Crippen molar-refractivity contribution in [1.82, 2.24) is 9.69 Å². The molecule has 2 amide bonds. The van der Waals surface area contributed by atoms with Gasteiger partial charge in [0, 0.05) is 5.56 Å². The number of aryl methyl sites for hydroxylation is 1. The lowest BCUT2D eigenvalue weighted by molar-refractivity contribution is -0.115. The van der Waals surface area contributed by atoms with Crippen molar-refractivity contribution in [1.29, 1.82) is 0 Å². The maximum Gasteiger partial charge on any atom is 0.251 e. The molecule has 0 atom stereocenters. The lowest BCUT2D eigenvalue weighted by atomic mass is 10.2. The summed E-state index contributed by atoms with van der Waals surface area (Å²) in [5, 5.41) is 5.91. The topological polar surface area (TPSA) is 71.1 Å². The van der Waals surface area contributed by atoms with Crippen LogP contribution in [0.4, 0.5) is 5.00 Å². The molecule has 2 aromatic rings. The van der Waals surface area contributed by atoms with Crippen LogP contribution in [0.3, 0.4) is 0 Å². The van der Waals surface area contributed by atoms with E-state index in [-0.39, 0.29) is 18.4 Å². The standard InChI is InChI=1S/C13H13N3O2S/c1-9-7-12(19-16-9)15-11(17)8-14-13(18)10-5-3-2-4-6-10/h2-7H,8H2,1H3,(H,14,18)(H,15,17). The molecule has 0 aliphatic heterocycles. The molecule has 0 radical (unpaired) electrons. The van der Waals surface area contributed by atoms with Crippen molar-refractivity contribution in [3.63, 3.8) is 0 Å². The number of hydrogen-bond donors (Lipinski definition) is 2. The zero-order valence-corrected chi connectivity index (χ0v) is 11.2. The number of nitrogens with one attached hydrogen (secondary N) is 2. The van der Waals surface area contributed by atoms with Crippen LogP contribution in [0.2, 0.25) is 0 Å². The van der Waals surface area contributed by atoms with E-state index in [0.717, 1.165) is 5.69 Å². The average molecular weight is 275 g/mol. The summed E-state index contributed by atoms with van der Waals surface area (Å²) < 4.78 is 4.05. The maximum atomic E-state index is 11.7. The van der Waals surface area contributed by atoms with Gasteiger partial charge >= 0.3 is 0 Å². The summed E-state index contributed by atoms with van der Waals surface area (Å²) in [7, 11) is 0. The van der Waals surface area contributed by atoms with E-state index in [4.69, 9.17) is 0 Å². The molecule has 0 unspecified atom stereocenters. The number of hydrogen-bond acceptors (Lipinski definition) is 4. The fraction of sp³-hybridized carbons (Fsp3) is 0.154. The fourth-order valence-corrected chi connectivity index (χ4v) is 2.13. The van der Waals surface area contributed by atoms with Gasteiger partial charge in [-0.1, -0.05) is 18.2 Å². The van der Waals surface area contributed by atoms with E-state index in [2.05, 4.69) is 15.0 Å². The summed E-state index contributed by atoms with van der Waals surface area (Å²) in [5.41, 5.74) is 1.39. The van der Waals surface area contributed by atoms with Gasteiger partial charge in [-0.05, 0) is 36.7 Å². The molecule has 1 heterocycles. The molecular formula is C13H13N3O2S. The Morgan fingerprint density at radius 1 is 1.26 bits per heavy atom. The van der Waals surface area contributed by atoms with E-state index in [0.29, 0.717) is 10.6 Å². The van der Waals surface area contributed by atoms with Gasteiger partial charge in [-0.3, -0.25) is 9.59 Å². The first kappa shape index (κ1) is 13.2. The van der Waals surface area contributed by atoms with Crippen LogP contribution in [-0.2, 0) is 4.79 Å². The van der Waals surface area contributed by atoms with Crippen LogP contribution in [0.5, 0.6) is 0 Å². The second kappa shape index (κ2) is 6.10. The number of rotatable bonds is 4. The number of carbonyl (C=O) groups is 2. The van der Waals surface area contributed by atoms with Crippen LogP contribution in [0.15, 0.2) is 36.4 Å². The third-order valence-corrected chi connectivity index (χ3v) is 3.13. The SMILES string of the molecule is Cc1cc(NC(=O)CNC(=O)c2ccccc2)sn1. The van der Waals surface area contributed by atoms with Gasteiger partial charge in [0.05, 0.1) is 12.2 Å². The van der Waals surface area contributed by atoms with Crippen molar-refractivity contribution >= 4 is 28.3 Å². The van der Waals surface area contributed by atoms with Crippen molar-refractivity contribution in [3.8, 4) is 0 Å². The monoisotopic (exact) mass is 275 g/mol. The second-order valence-electron chi connectivity index (χ2n) is 3.93. The van der Waals surface area contributed by atoms with Gasteiger partial charge in [-0.25, -0.2) is 0 Å². The highest BCUT2D eigenvalue weighted by atomic mass is 32.1. The molecule has 2 N–H and O–H groups in total. The molecule has 0 bridgehead atoms. The van der Waals surface area contributed by atoms with Gasteiger partial charge in [-0.15, -0.1) is 0 Å². The van der Waals surface area contributed by atoms with Crippen LogP contribution >= 0.6 is 11.5 Å². The number of anilines is 1. The van der Waals surface area contributed by atoms with Gasteiger partial charge in [-0.2, -0.15) is 4.37 Å². The van der Waals surface area contributed by atoms with Gasteiger partial charge in [0.15, 0.2) is 0 Å². The van der Waals surface area contributed by atoms with E-state index >= 15 is 0 Å². The van der Waals surface area contributed by atoms with Crippen LogP contribution in [0.1, 0.15) is 16.1 Å². The lowest BCUT2D eigenvalue weighted by Crippen LogP contribution is -2.32. The van der Waals surface area contributed by atoms with Gasteiger partial charge in [0.25, 0.3) is 5.91 Å². The molecule has 19 heavy (non-hydrogen) atoms. The Hall–Kier alpha value is -2.21. The maximum absolute atomic E-state index is 11.7. The normalized spacial score (nSPS) is 9.95. The smallest absolute Gasteiger partial charge is 0.251 e. The highest BCUT2D eigenvalue weighted by Crippen LogP contribution is 2.14. The Morgan fingerprint density at radius 2 is 2.00 bits per heavy atom. The molecule has 98 valence electrons. The summed E-state index contributed by atoms with van der Waals surface area (Å²) >= 11 is 1.21. The van der Waals surface area contributed by atoms with Crippen molar-refractivity contribution < 1.29 is 9.59 Å². The number of carbonyl (C=O) groups excluding carboxylic acids is 2. The summed E-state index contributed by atoms with van der Waals surface area (Å²) in [6.07, 6.45) is 0. The minimum Gasteiger partial charge on any atom is -0.343 e. The molecule has 1 aromatic heterocycles. The number of amides is 2. The van der Waals surface area contributed by atoms with Crippen molar-refractivity contribution in [3.05, 3.63) is 47.7 Å². The molecule has 6 heteroatoms. The summed E-state index contributed by atoms with van der Waals surface area (Å²) in [6.45, 7) is 1.79. The first-order valence-electron chi connectivity index (χ1n) is 5.71. The highest BCUT2D eigenvalue weighted by molar-refractivity contribution is 7.10. The molecular weight excluding hydrogens is 262 g/mol. The van der Waals surface area contributed by atoms with Crippen molar-refractivity contribution in [2.75, 3.05) is 11.9 Å². The average Bonchev–Trinajstić information content (AvgIpc) is 2.82. The Morgan fingerprint density at radius 3 is 2.63 bits per heavy atom. The predicted molar refractivity (Wildman–Crippen MR) is 74.3 cm³/mol. The molecule has 1 aromatic carbocycles. The minimum absolute atomic E-state index is 0.0648. The highest BCUT2D eigenvalue weighted by Gasteiger charge is 2.08. The molecule has 2 rings (SSSR count). The summed E-state index contributed by atoms with van der Waals surface area (Å²) in [6, 6.07) is 10.5. The molecule has 0 aliphatic carbocycles. The quantitative estimate of drug-likeness (QED) is 0.894. The first-order valence-corrected chi connectivity index (χ1v) is 6.49. The second-order valence-corrected chi connectivity index (χ2v) is 4.73. The van der Waals surface area contributed by atoms with Crippen LogP contribution < -0.4 is 10.6 Å². The Labute approximate surface area is 114 Å². The number of benzene rings is 1. The Balaban J connectivity index is 1.82. The third-order valence-electron chi connectivity index (χ3n) is 2.34. The summed E-state index contributed by atoms with van der Waals surface area (Å²) in [5.74, 6) is -0.538. The van der Waals surface area contributed by atoms with E-state index in [9.17, 15) is 9.59 Å². The summed E-state index contributed by atoms with van der Waals surface area (Å²) in [4.78, 5) is 23.3. The zero-order chi connectivity index (χ0) is 13.7.